The zero-order chi connectivity index (χ0) is 12.2. The summed E-state index contributed by atoms with van der Waals surface area (Å²) in [7, 11) is 0. The second-order valence-corrected chi connectivity index (χ2v) is 3.72. The summed E-state index contributed by atoms with van der Waals surface area (Å²) in [5.41, 5.74) is -0.379. The van der Waals surface area contributed by atoms with Gasteiger partial charge in [0.1, 0.15) is 0 Å². The van der Waals surface area contributed by atoms with Crippen LogP contribution >= 0.6 is 0 Å². The molecule has 1 N–H and O–H groups in total. The normalized spacial score (nSPS) is 13.8. The average Bonchev–Trinajstić information content (AvgIpc) is 2.29. The summed E-state index contributed by atoms with van der Waals surface area (Å²) in [5, 5.41) is 28.6. The summed E-state index contributed by atoms with van der Waals surface area (Å²) in [4.78, 5) is 10.1. The molecule has 0 aliphatic carbocycles. The zero-order valence-electron chi connectivity index (χ0n) is 8.88. The summed E-state index contributed by atoms with van der Waals surface area (Å²) in [5.74, 6) is 0. The van der Waals surface area contributed by atoms with Crippen molar-refractivity contribution in [2.24, 2.45) is 0 Å². The van der Waals surface area contributed by atoms with Crippen molar-refractivity contribution in [1.82, 2.24) is 0 Å². The number of non-ortho nitro benzene ring substituents is 1. The predicted octanol–water partition coefficient (Wildman–Crippen LogP) is 1.76. The number of aliphatic hydroxyl groups excluding tert-OH is 1. The highest BCUT2D eigenvalue weighted by atomic mass is 16.6. The van der Waals surface area contributed by atoms with E-state index >= 15 is 0 Å². The first-order chi connectivity index (χ1) is 7.53. The van der Waals surface area contributed by atoms with Crippen LogP contribution in [0.3, 0.4) is 0 Å². The van der Waals surface area contributed by atoms with Crippen molar-refractivity contribution in [1.29, 1.82) is 5.26 Å². The number of nitrogens with zero attached hydrogens (tertiary/aromatic N) is 2. The van der Waals surface area contributed by atoms with Crippen molar-refractivity contribution < 1.29 is 10.0 Å². The lowest BCUT2D eigenvalue weighted by Gasteiger charge is -2.20. The molecule has 0 spiro atoms. The molecule has 0 fully saturated rings. The molecule has 0 saturated carbocycles. The van der Waals surface area contributed by atoms with Crippen molar-refractivity contribution in [2.45, 2.75) is 18.8 Å². The minimum atomic E-state index is -0.888. The highest BCUT2D eigenvalue weighted by Crippen LogP contribution is 2.28. The Bertz CT molecular complexity index is 439. The van der Waals surface area contributed by atoms with E-state index in [4.69, 9.17) is 10.4 Å². The first-order valence-corrected chi connectivity index (χ1v) is 4.80. The molecule has 5 heteroatoms. The average molecular weight is 220 g/mol. The van der Waals surface area contributed by atoms with Crippen LogP contribution in [0.1, 0.15) is 18.9 Å². The van der Waals surface area contributed by atoms with Gasteiger partial charge < -0.3 is 5.11 Å². The molecule has 0 saturated heterocycles. The van der Waals surface area contributed by atoms with Crippen molar-refractivity contribution in [2.75, 3.05) is 6.61 Å². The van der Waals surface area contributed by atoms with E-state index in [9.17, 15) is 10.1 Å². The lowest BCUT2D eigenvalue weighted by molar-refractivity contribution is -0.385. The fourth-order valence-corrected chi connectivity index (χ4v) is 1.45. The predicted molar refractivity (Wildman–Crippen MR) is 57.8 cm³/mol. The number of rotatable bonds is 4. The van der Waals surface area contributed by atoms with Crippen LogP contribution in [0.15, 0.2) is 24.3 Å². The summed E-state index contributed by atoms with van der Waals surface area (Å²) >= 11 is 0. The largest absolute Gasteiger partial charge is 0.396 e. The third-order valence-corrected chi connectivity index (χ3v) is 2.55. The van der Waals surface area contributed by atoms with Gasteiger partial charge >= 0.3 is 0 Å². The van der Waals surface area contributed by atoms with E-state index in [0.29, 0.717) is 5.56 Å². The number of aliphatic hydroxyl groups is 1. The van der Waals surface area contributed by atoms with Gasteiger partial charge in [0.15, 0.2) is 0 Å². The lowest BCUT2D eigenvalue weighted by Crippen LogP contribution is -2.21. The van der Waals surface area contributed by atoms with Gasteiger partial charge in [0.05, 0.1) is 16.4 Å². The quantitative estimate of drug-likeness (QED) is 0.618. The lowest BCUT2D eigenvalue weighted by atomic mass is 9.81. The Morgan fingerprint density at radius 3 is 2.81 bits per heavy atom. The van der Waals surface area contributed by atoms with Gasteiger partial charge in [0.25, 0.3) is 5.69 Å². The van der Waals surface area contributed by atoms with Gasteiger partial charge in [0, 0.05) is 18.7 Å². The maximum absolute atomic E-state index is 10.6. The van der Waals surface area contributed by atoms with Crippen molar-refractivity contribution in [3.05, 3.63) is 39.9 Å². The zero-order valence-corrected chi connectivity index (χ0v) is 8.88. The molecule has 0 amide bonds. The van der Waals surface area contributed by atoms with Gasteiger partial charge in [0.2, 0.25) is 0 Å². The van der Waals surface area contributed by atoms with Crippen LogP contribution in [-0.2, 0) is 5.41 Å². The Morgan fingerprint density at radius 1 is 1.62 bits per heavy atom. The van der Waals surface area contributed by atoms with Crippen LogP contribution in [0.2, 0.25) is 0 Å². The Morgan fingerprint density at radius 2 is 2.31 bits per heavy atom. The van der Waals surface area contributed by atoms with Gasteiger partial charge in [-0.1, -0.05) is 12.1 Å². The van der Waals surface area contributed by atoms with Gasteiger partial charge in [-0.2, -0.15) is 5.26 Å². The summed E-state index contributed by atoms with van der Waals surface area (Å²) in [6.07, 6.45) is 0.255. The number of nitro benzene ring substituents is 1. The molecule has 1 unspecified atom stereocenters. The fraction of sp³-hybridized carbons (Fsp3) is 0.364. The van der Waals surface area contributed by atoms with E-state index < -0.39 is 10.3 Å². The monoisotopic (exact) mass is 220 g/mol. The molecular formula is C11H12N2O3. The topological polar surface area (TPSA) is 87.2 Å². The number of benzene rings is 1. The number of hydrogen-bond donors (Lipinski definition) is 1. The van der Waals surface area contributed by atoms with E-state index in [1.807, 2.05) is 0 Å². The molecule has 16 heavy (non-hydrogen) atoms. The van der Waals surface area contributed by atoms with Gasteiger partial charge in [-0.15, -0.1) is 0 Å². The molecule has 0 radical (unpaired) electrons. The summed E-state index contributed by atoms with van der Waals surface area (Å²) < 4.78 is 0. The van der Waals surface area contributed by atoms with E-state index in [1.54, 1.807) is 19.1 Å². The van der Waals surface area contributed by atoms with Gasteiger partial charge in [-0.05, 0) is 18.9 Å². The van der Waals surface area contributed by atoms with Gasteiger partial charge in [-0.25, -0.2) is 0 Å². The summed E-state index contributed by atoms with van der Waals surface area (Å²) in [6, 6.07) is 8.03. The smallest absolute Gasteiger partial charge is 0.269 e. The highest BCUT2D eigenvalue weighted by molar-refractivity contribution is 5.40. The Kier molecular flexibility index (Phi) is 3.59. The molecule has 1 atom stereocenters. The highest BCUT2D eigenvalue weighted by Gasteiger charge is 2.27. The molecule has 0 aromatic heterocycles. The Balaban J connectivity index is 3.17. The van der Waals surface area contributed by atoms with Crippen LogP contribution in [0.25, 0.3) is 0 Å². The van der Waals surface area contributed by atoms with E-state index in [0.717, 1.165) is 0 Å². The minimum Gasteiger partial charge on any atom is -0.396 e. The number of hydrogen-bond acceptors (Lipinski definition) is 4. The van der Waals surface area contributed by atoms with Crippen LogP contribution < -0.4 is 0 Å². The molecule has 1 rings (SSSR count). The molecule has 1 aromatic rings. The standard InChI is InChI=1S/C11H12N2O3/c1-11(8-12,5-6-14)9-3-2-4-10(7-9)13(15)16/h2-4,7,14H,5-6H2,1H3. The molecule has 5 nitrogen and oxygen atoms in total. The SMILES string of the molecule is CC(C#N)(CCO)c1cccc([N+](=O)[O-])c1. The van der Waals surface area contributed by atoms with Crippen LogP contribution in [0.5, 0.6) is 0 Å². The van der Waals surface area contributed by atoms with Crippen LogP contribution in [0.4, 0.5) is 5.69 Å². The van der Waals surface area contributed by atoms with Crippen molar-refractivity contribution in [3.63, 3.8) is 0 Å². The second-order valence-electron chi connectivity index (χ2n) is 3.72. The van der Waals surface area contributed by atoms with E-state index in [-0.39, 0.29) is 18.7 Å². The minimum absolute atomic E-state index is 0.0445. The Labute approximate surface area is 93.1 Å². The molecule has 1 aromatic carbocycles. The molecule has 0 heterocycles. The van der Waals surface area contributed by atoms with Crippen molar-refractivity contribution >= 4 is 5.69 Å². The number of nitro groups is 1. The van der Waals surface area contributed by atoms with Crippen molar-refractivity contribution in [3.8, 4) is 6.07 Å². The first-order valence-electron chi connectivity index (χ1n) is 4.80. The Hall–Kier alpha value is -1.93. The second kappa shape index (κ2) is 4.73. The van der Waals surface area contributed by atoms with E-state index in [1.165, 1.54) is 12.1 Å². The first kappa shape index (κ1) is 12.1. The molecular weight excluding hydrogens is 208 g/mol. The third-order valence-electron chi connectivity index (χ3n) is 2.55. The number of nitriles is 1. The van der Waals surface area contributed by atoms with E-state index in [2.05, 4.69) is 6.07 Å². The maximum Gasteiger partial charge on any atom is 0.269 e. The van der Waals surface area contributed by atoms with Crippen LogP contribution in [-0.4, -0.2) is 16.6 Å². The summed E-state index contributed by atoms with van der Waals surface area (Å²) in [6.45, 7) is 1.52. The van der Waals surface area contributed by atoms with Gasteiger partial charge in [-0.3, -0.25) is 10.1 Å². The molecule has 84 valence electrons. The third kappa shape index (κ3) is 2.35. The van der Waals surface area contributed by atoms with Crippen LogP contribution in [0, 0.1) is 21.4 Å². The molecule has 0 bridgehead atoms. The molecule has 0 aliphatic heterocycles. The fourth-order valence-electron chi connectivity index (χ4n) is 1.45. The molecule has 0 aliphatic rings. The maximum atomic E-state index is 10.6.